The summed E-state index contributed by atoms with van der Waals surface area (Å²) in [6.45, 7) is 0.890. The maximum absolute atomic E-state index is 6.01. The average Bonchev–Trinajstić information content (AvgIpc) is 2.31. The fourth-order valence-electron chi connectivity index (χ4n) is 2.79. The van der Waals surface area contributed by atoms with E-state index in [-0.39, 0.29) is 5.60 Å². The van der Waals surface area contributed by atoms with Crippen LogP contribution in [0.2, 0.25) is 0 Å². The molecule has 0 aromatic rings. The molecular weight excluding hydrogens is 162 g/mol. The molecule has 13 heavy (non-hydrogen) atoms. The van der Waals surface area contributed by atoms with Crippen LogP contribution in [0.1, 0.15) is 51.4 Å². The van der Waals surface area contributed by atoms with Gasteiger partial charge < -0.3 is 10.5 Å². The van der Waals surface area contributed by atoms with Crippen LogP contribution in [0.15, 0.2) is 0 Å². The van der Waals surface area contributed by atoms with Gasteiger partial charge in [0.1, 0.15) is 0 Å². The van der Waals surface area contributed by atoms with E-state index >= 15 is 0 Å². The molecule has 0 amide bonds. The number of ether oxygens (including phenoxy) is 1. The molecule has 0 aromatic carbocycles. The molecule has 2 nitrogen and oxygen atoms in total. The van der Waals surface area contributed by atoms with E-state index in [0.717, 1.165) is 19.4 Å². The molecule has 1 aliphatic heterocycles. The lowest BCUT2D eigenvalue weighted by Gasteiger charge is -2.39. The van der Waals surface area contributed by atoms with Crippen molar-refractivity contribution in [3.8, 4) is 0 Å². The molecule has 2 heteroatoms. The van der Waals surface area contributed by atoms with Gasteiger partial charge in [0.25, 0.3) is 0 Å². The normalized spacial score (nSPS) is 34.4. The summed E-state index contributed by atoms with van der Waals surface area (Å²) in [5.41, 5.74) is 6.20. The molecule has 1 spiro atoms. The van der Waals surface area contributed by atoms with Crippen molar-refractivity contribution in [3.63, 3.8) is 0 Å². The van der Waals surface area contributed by atoms with Crippen molar-refractivity contribution >= 4 is 0 Å². The van der Waals surface area contributed by atoms with Crippen LogP contribution < -0.4 is 5.73 Å². The monoisotopic (exact) mass is 183 g/mol. The zero-order chi connectivity index (χ0) is 9.15. The third-order valence-corrected chi connectivity index (χ3v) is 3.55. The van der Waals surface area contributed by atoms with E-state index in [9.17, 15) is 0 Å². The van der Waals surface area contributed by atoms with Crippen LogP contribution >= 0.6 is 0 Å². The van der Waals surface area contributed by atoms with Gasteiger partial charge in [-0.2, -0.15) is 0 Å². The first kappa shape index (κ1) is 9.47. The third kappa shape index (κ3) is 2.23. The fourth-order valence-corrected chi connectivity index (χ4v) is 2.79. The first-order valence-electron chi connectivity index (χ1n) is 5.70. The Morgan fingerprint density at radius 1 is 1.08 bits per heavy atom. The highest BCUT2D eigenvalue weighted by Crippen LogP contribution is 2.36. The van der Waals surface area contributed by atoms with Gasteiger partial charge in [0, 0.05) is 12.6 Å². The Morgan fingerprint density at radius 2 is 1.77 bits per heavy atom. The lowest BCUT2D eigenvalue weighted by atomic mass is 9.84. The van der Waals surface area contributed by atoms with Gasteiger partial charge in [-0.1, -0.05) is 25.7 Å². The van der Waals surface area contributed by atoms with Crippen molar-refractivity contribution in [3.05, 3.63) is 0 Å². The van der Waals surface area contributed by atoms with Crippen LogP contribution in [0.5, 0.6) is 0 Å². The van der Waals surface area contributed by atoms with Crippen molar-refractivity contribution in [2.45, 2.75) is 63.0 Å². The zero-order valence-electron chi connectivity index (χ0n) is 8.43. The van der Waals surface area contributed by atoms with Gasteiger partial charge in [-0.25, -0.2) is 0 Å². The third-order valence-electron chi connectivity index (χ3n) is 3.55. The Hall–Kier alpha value is -0.0800. The minimum atomic E-state index is 0.189. The van der Waals surface area contributed by atoms with E-state index in [2.05, 4.69) is 0 Å². The van der Waals surface area contributed by atoms with Crippen molar-refractivity contribution in [1.82, 2.24) is 0 Å². The largest absolute Gasteiger partial charge is 0.375 e. The molecular formula is C11H21NO. The summed E-state index contributed by atoms with van der Waals surface area (Å²) in [6.07, 6.45) is 10.1. The van der Waals surface area contributed by atoms with Crippen LogP contribution in [0.25, 0.3) is 0 Å². The highest BCUT2D eigenvalue weighted by atomic mass is 16.5. The molecule has 0 bridgehead atoms. The molecule has 0 radical (unpaired) electrons. The Balaban J connectivity index is 1.99. The van der Waals surface area contributed by atoms with E-state index in [1.165, 1.54) is 38.5 Å². The Labute approximate surface area is 80.8 Å². The summed E-state index contributed by atoms with van der Waals surface area (Å²) >= 11 is 0. The SMILES string of the molecule is N[C@@H]1CCOC2(CCCCCC2)C1. The molecule has 2 aliphatic rings. The van der Waals surface area contributed by atoms with Gasteiger partial charge in [-0.05, 0) is 25.7 Å². The van der Waals surface area contributed by atoms with Gasteiger partial charge in [-0.3, -0.25) is 0 Å². The average molecular weight is 183 g/mol. The van der Waals surface area contributed by atoms with Gasteiger partial charge >= 0.3 is 0 Å². The summed E-state index contributed by atoms with van der Waals surface area (Å²) < 4.78 is 5.98. The molecule has 0 unspecified atom stereocenters. The molecule has 2 N–H and O–H groups in total. The minimum Gasteiger partial charge on any atom is -0.375 e. The van der Waals surface area contributed by atoms with Gasteiger partial charge in [0.15, 0.2) is 0 Å². The number of hydrogen-bond acceptors (Lipinski definition) is 2. The first-order chi connectivity index (χ1) is 6.31. The van der Waals surface area contributed by atoms with E-state index in [1.807, 2.05) is 0 Å². The summed E-state index contributed by atoms with van der Waals surface area (Å²) in [7, 11) is 0. The predicted octanol–water partition coefficient (Wildman–Crippen LogP) is 2.22. The van der Waals surface area contributed by atoms with E-state index < -0.39 is 0 Å². The molecule has 2 rings (SSSR count). The number of nitrogens with two attached hydrogens (primary N) is 1. The van der Waals surface area contributed by atoms with E-state index in [0.29, 0.717) is 6.04 Å². The zero-order valence-corrected chi connectivity index (χ0v) is 8.43. The van der Waals surface area contributed by atoms with E-state index in [4.69, 9.17) is 10.5 Å². The molecule has 1 heterocycles. The maximum Gasteiger partial charge on any atom is 0.0697 e. The maximum atomic E-state index is 6.01. The summed E-state index contributed by atoms with van der Waals surface area (Å²) in [5, 5.41) is 0. The van der Waals surface area contributed by atoms with Crippen molar-refractivity contribution < 1.29 is 4.74 Å². The summed E-state index contributed by atoms with van der Waals surface area (Å²) in [6, 6.07) is 0.395. The van der Waals surface area contributed by atoms with Crippen LogP contribution in [0, 0.1) is 0 Å². The van der Waals surface area contributed by atoms with Crippen LogP contribution in [-0.2, 0) is 4.74 Å². The Kier molecular flexibility index (Phi) is 2.89. The van der Waals surface area contributed by atoms with Gasteiger partial charge in [0.2, 0.25) is 0 Å². The van der Waals surface area contributed by atoms with Crippen molar-refractivity contribution in [1.29, 1.82) is 0 Å². The quantitative estimate of drug-likeness (QED) is 0.625. The lowest BCUT2D eigenvalue weighted by molar-refractivity contribution is -0.0931. The highest BCUT2D eigenvalue weighted by molar-refractivity contribution is 4.89. The highest BCUT2D eigenvalue weighted by Gasteiger charge is 2.36. The summed E-state index contributed by atoms with van der Waals surface area (Å²) in [5.74, 6) is 0. The van der Waals surface area contributed by atoms with Crippen LogP contribution in [0.3, 0.4) is 0 Å². The topological polar surface area (TPSA) is 35.2 Å². The van der Waals surface area contributed by atoms with Crippen molar-refractivity contribution in [2.24, 2.45) is 5.73 Å². The number of rotatable bonds is 0. The Morgan fingerprint density at radius 3 is 2.38 bits per heavy atom. The van der Waals surface area contributed by atoms with Crippen LogP contribution in [0.4, 0.5) is 0 Å². The first-order valence-corrected chi connectivity index (χ1v) is 5.70. The minimum absolute atomic E-state index is 0.189. The fraction of sp³-hybridized carbons (Fsp3) is 1.00. The Bertz CT molecular complexity index is 161. The molecule has 76 valence electrons. The molecule has 1 saturated heterocycles. The van der Waals surface area contributed by atoms with E-state index in [1.54, 1.807) is 0 Å². The molecule has 2 fully saturated rings. The van der Waals surface area contributed by atoms with Gasteiger partial charge in [0.05, 0.1) is 5.60 Å². The second-order valence-corrected chi connectivity index (χ2v) is 4.70. The van der Waals surface area contributed by atoms with Gasteiger partial charge in [-0.15, -0.1) is 0 Å². The molecule has 1 atom stereocenters. The molecule has 1 saturated carbocycles. The van der Waals surface area contributed by atoms with Crippen molar-refractivity contribution in [2.75, 3.05) is 6.61 Å². The smallest absolute Gasteiger partial charge is 0.0697 e. The molecule has 1 aliphatic carbocycles. The number of hydrogen-bond donors (Lipinski definition) is 1. The van der Waals surface area contributed by atoms with Crippen LogP contribution in [-0.4, -0.2) is 18.2 Å². The standard InChI is InChI=1S/C11H21NO/c12-10-5-8-13-11(9-10)6-3-1-2-4-7-11/h10H,1-9,12H2/t10-/m1/s1. The second kappa shape index (κ2) is 3.97. The summed E-state index contributed by atoms with van der Waals surface area (Å²) in [4.78, 5) is 0. The second-order valence-electron chi connectivity index (χ2n) is 4.70. The lowest BCUT2D eigenvalue weighted by Crippen LogP contribution is -2.44. The predicted molar refractivity (Wildman–Crippen MR) is 53.6 cm³/mol. The molecule has 0 aromatic heterocycles.